The second-order valence-electron chi connectivity index (χ2n) is 4.50. The Morgan fingerprint density at radius 3 is 2.79 bits per heavy atom. The highest BCUT2D eigenvalue weighted by atomic mass is 32.1. The first kappa shape index (κ1) is 10.2. The zero-order valence-corrected chi connectivity index (χ0v) is 10.0. The molecule has 0 bridgehead atoms. The second kappa shape index (κ2) is 3.67. The predicted molar refractivity (Wildman–Crippen MR) is 62.6 cm³/mol. The summed E-state index contributed by atoms with van der Waals surface area (Å²) < 4.78 is 0. The smallest absolute Gasteiger partial charge is 0.0423 e. The van der Waals surface area contributed by atoms with Crippen molar-refractivity contribution in [3.8, 4) is 0 Å². The van der Waals surface area contributed by atoms with Gasteiger partial charge in [0, 0.05) is 15.8 Å². The van der Waals surface area contributed by atoms with Crippen LogP contribution in [0.1, 0.15) is 41.6 Å². The number of thiophene rings is 1. The Balaban J connectivity index is 2.21. The van der Waals surface area contributed by atoms with Gasteiger partial charge in [-0.15, -0.1) is 11.3 Å². The van der Waals surface area contributed by atoms with E-state index in [4.69, 9.17) is 5.73 Å². The van der Waals surface area contributed by atoms with Gasteiger partial charge in [-0.3, -0.25) is 0 Å². The van der Waals surface area contributed by atoms with Crippen molar-refractivity contribution < 1.29 is 0 Å². The third-order valence-electron chi connectivity index (χ3n) is 3.28. The number of hydrogen-bond acceptors (Lipinski definition) is 2. The summed E-state index contributed by atoms with van der Waals surface area (Å²) in [7, 11) is 0. The minimum atomic E-state index is 0.304. The van der Waals surface area contributed by atoms with E-state index in [1.54, 1.807) is 0 Å². The Bertz CT molecular complexity index is 329. The molecular formula is C12H19NS. The van der Waals surface area contributed by atoms with Crippen LogP contribution in [-0.4, -0.2) is 0 Å². The monoisotopic (exact) mass is 209 g/mol. The minimum absolute atomic E-state index is 0.304. The van der Waals surface area contributed by atoms with Crippen molar-refractivity contribution in [1.29, 1.82) is 0 Å². The summed E-state index contributed by atoms with van der Waals surface area (Å²) in [4.78, 5) is 2.85. The van der Waals surface area contributed by atoms with Gasteiger partial charge in [0.2, 0.25) is 0 Å². The molecule has 78 valence electrons. The summed E-state index contributed by atoms with van der Waals surface area (Å²) >= 11 is 1.89. The molecule has 1 aliphatic rings. The molecule has 3 unspecified atom stereocenters. The zero-order chi connectivity index (χ0) is 10.3. The van der Waals surface area contributed by atoms with Gasteiger partial charge in [-0.25, -0.2) is 0 Å². The van der Waals surface area contributed by atoms with Gasteiger partial charge in [-0.2, -0.15) is 0 Å². The molecule has 0 aliphatic heterocycles. The molecule has 1 saturated carbocycles. The van der Waals surface area contributed by atoms with E-state index in [0.29, 0.717) is 6.04 Å². The molecule has 0 aromatic carbocycles. The lowest BCUT2D eigenvalue weighted by Gasteiger charge is -2.10. The highest BCUT2D eigenvalue weighted by molar-refractivity contribution is 7.12. The van der Waals surface area contributed by atoms with Crippen molar-refractivity contribution in [2.24, 2.45) is 17.6 Å². The molecule has 0 radical (unpaired) electrons. The topological polar surface area (TPSA) is 26.0 Å². The molecule has 1 fully saturated rings. The molecule has 1 heterocycles. The van der Waals surface area contributed by atoms with Gasteiger partial charge in [-0.1, -0.05) is 13.8 Å². The van der Waals surface area contributed by atoms with E-state index in [1.807, 2.05) is 11.3 Å². The van der Waals surface area contributed by atoms with Crippen LogP contribution in [0.15, 0.2) is 6.07 Å². The Hall–Kier alpha value is -0.340. The quantitative estimate of drug-likeness (QED) is 0.812. The van der Waals surface area contributed by atoms with Crippen LogP contribution in [0, 0.1) is 18.8 Å². The van der Waals surface area contributed by atoms with Gasteiger partial charge in [0.05, 0.1) is 0 Å². The lowest BCUT2D eigenvalue weighted by molar-refractivity contribution is 0.598. The van der Waals surface area contributed by atoms with Gasteiger partial charge in [0.1, 0.15) is 0 Å². The Morgan fingerprint density at radius 2 is 2.29 bits per heavy atom. The van der Waals surface area contributed by atoms with Crippen LogP contribution < -0.4 is 5.73 Å². The molecule has 1 nitrogen and oxygen atoms in total. The number of rotatable bonds is 3. The van der Waals surface area contributed by atoms with E-state index in [0.717, 1.165) is 18.3 Å². The summed E-state index contributed by atoms with van der Waals surface area (Å²) in [6.07, 6.45) is 2.44. The molecule has 2 rings (SSSR count). The molecule has 2 N–H and O–H groups in total. The summed E-state index contributed by atoms with van der Waals surface area (Å²) in [6.45, 7) is 6.70. The van der Waals surface area contributed by atoms with Crippen molar-refractivity contribution in [2.75, 3.05) is 0 Å². The maximum Gasteiger partial charge on any atom is 0.0423 e. The molecule has 1 aromatic heterocycles. The van der Waals surface area contributed by atoms with E-state index >= 15 is 0 Å². The van der Waals surface area contributed by atoms with Gasteiger partial charge >= 0.3 is 0 Å². The maximum absolute atomic E-state index is 6.29. The summed E-state index contributed by atoms with van der Waals surface area (Å²) in [6, 6.07) is 2.60. The summed E-state index contributed by atoms with van der Waals surface area (Å²) in [5.41, 5.74) is 7.76. The van der Waals surface area contributed by atoms with Crippen LogP contribution in [-0.2, 0) is 6.42 Å². The van der Waals surface area contributed by atoms with Crippen molar-refractivity contribution in [2.45, 2.75) is 39.7 Å². The van der Waals surface area contributed by atoms with Crippen LogP contribution in [0.2, 0.25) is 0 Å². The van der Waals surface area contributed by atoms with Crippen LogP contribution in [0.5, 0.6) is 0 Å². The van der Waals surface area contributed by atoms with Crippen molar-refractivity contribution in [3.63, 3.8) is 0 Å². The third kappa shape index (κ3) is 1.73. The highest BCUT2D eigenvalue weighted by Crippen LogP contribution is 2.47. The van der Waals surface area contributed by atoms with Gasteiger partial charge in [-0.05, 0) is 43.2 Å². The normalized spacial score (nSPS) is 27.7. The van der Waals surface area contributed by atoms with Gasteiger partial charge in [0.15, 0.2) is 0 Å². The van der Waals surface area contributed by atoms with E-state index < -0.39 is 0 Å². The number of nitrogens with two attached hydrogens (primary N) is 1. The summed E-state index contributed by atoms with van der Waals surface area (Å²) in [5, 5.41) is 0. The van der Waals surface area contributed by atoms with Crippen molar-refractivity contribution in [1.82, 2.24) is 0 Å². The molecule has 0 amide bonds. The first-order valence-corrected chi connectivity index (χ1v) is 6.30. The van der Waals surface area contributed by atoms with Crippen LogP contribution in [0.3, 0.4) is 0 Å². The highest BCUT2D eigenvalue weighted by Gasteiger charge is 2.39. The fraction of sp³-hybridized carbons (Fsp3) is 0.667. The SMILES string of the molecule is CCc1cc(C)sc1C(N)C1CC1C. The van der Waals surface area contributed by atoms with Crippen LogP contribution in [0.4, 0.5) is 0 Å². The van der Waals surface area contributed by atoms with Crippen LogP contribution in [0.25, 0.3) is 0 Å². The largest absolute Gasteiger partial charge is 0.323 e. The molecule has 1 aromatic rings. The van der Waals surface area contributed by atoms with Crippen molar-refractivity contribution in [3.05, 3.63) is 21.4 Å². The number of aryl methyl sites for hydroxylation is 2. The molecule has 3 atom stereocenters. The molecule has 0 saturated heterocycles. The van der Waals surface area contributed by atoms with Crippen molar-refractivity contribution >= 4 is 11.3 Å². The van der Waals surface area contributed by atoms with Crippen LogP contribution >= 0.6 is 11.3 Å². The molecule has 2 heteroatoms. The van der Waals surface area contributed by atoms with Gasteiger partial charge < -0.3 is 5.73 Å². The molecule has 0 spiro atoms. The standard InChI is InChI=1S/C12H19NS/c1-4-9-6-8(3)14-12(9)11(13)10-5-7(10)2/h6-7,10-11H,4-5,13H2,1-3H3. The summed E-state index contributed by atoms with van der Waals surface area (Å²) in [5.74, 6) is 1.59. The molecular weight excluding hydrogens is 190 g/mol. The van der Waals surface area contributed by atoms with Gasteiger partial charge in [0.25, 0.3) is 0 Å². The zero-order valence-electron chi connectivity index (χ0n) is 9.21. The first-order chi connectivity index (χ1) is 6.63. The fourth-order valence-corrected chi connectivity index (χ4v) is 3.38. The third-order valence-corrected chi connectivity index (χ3v) is 4.48. The lowest BCUT2D eigenvalue weighted by atomic mass is 10.1. The minimum Gasteiger partial charge on any atom is -0.323 e. The molecule has 14 heavy (non-hydrogen) atoms. The Labute approximate surface area is 90.3 Å². The number of hydrogen-bond donors (Lipinski definition) is 1. The van der Waals surface area contributed by atoms with E-state index in [2.05, 4.69) is 26.8 Å². The van der Waals surface area contributed by atoms with E-state index in [1.165, 1.54) is 21.7 Å². The average Bonchev–Trinajstić information content (AvgIpc) is 2.74. The fourth-order valence-electron chi connectivity index (χ4n) is 2.19. The second-order valence-corrected chi connectivity index (χ2v) is 5.79. The predicted octanol–water partition coefficient (Wildman–Crippen LogP) is 3.27. The maximum atomic E-state index is 6.29. The first-order valence-electron chi connectivity index (χ1n) is 5.48. The molecule has 1 aliphatic carbocycles. The average molecular weight is 209 g/mol. The Morgan fingerprint density at radius 1 is 1.64 bits per heavy atom. The Kier molecular flexibility index (Phi) is 2.67. The van der Waals surface area contributed by atoms with E-state index in [9.17, 15) is 0 Å². The lowest BCUT2D eigenvalue weighted by Crippen LogP contribution is -2.13. The van der Waals surface area contributed by atoms with E-state index in [-0.39, 0.29) is 0 Å².